The molecule has 0 saturated heterocycles. The Morgan fingerprint density at radius 1 is 1.27 bits per heavy atom. The van der Waals surface area contributed by atoms with Gasteiger partial charge in [0.1, 0.15) is 0 Å². The fraction of sp³-hybridized carbons (Fsp3) is 0.538. The van der Waals surface area contributed by atoms with E-state index in [4.69, 9.17) is 0 Å². The average molecular weight is 318 g/mol. The van der Waals surface area contributed by atoms with Gasteiger partial charge < -0.3 is 5.11 Å². The number of rotatable bonds is 4. The maximum atomic E-state index is 10.3. The summed E-state index contributed by atoms with van der Waals surface area (Å²) in [7, 11) is 0. The van der Waals surface area contributed by atoms with Crippen molar-refractivity contribution in [1.29, 1.82) is 0 Å². The standard InChI is InChI=1S/C13H19IO/c1-4-10(5-2)13(15)11-8-6-7-9(3)12(11)14/h6-8,10,13,15H,4-5H2,1-3H3. The van der Waals surface area contributed by atoms with E-state index >= 15 is 0 Å². The second kappa shape index (κ2) is 5.85. The largest absolute Gasteiger partial charge is 0.388 e. The topological polar surface area (TPSA) is 20.2 Å². The van der Waals surface area contributed by atoms with Crippen molar-refractivity contribution in [1.82, 2.24) is 0 Å². The molecule has 0 spiro atoms. The van der Waals surface area contributed by atoms with Gasteiger partial charge in [-0.3, -0.25) is 0 Å². The van der Waals surface area contributed by atoms with E-state index in [2.05, 4.69) is 49.4 Å². The van der Waals surface area contributed by atoms with Gasteiger partial charge >= 0.3 is 0 Å². The number of aliphatic hydroxyl groups excluding tert-OH is 1. The number of halogens is 1. The summed E-state index contributed by atoms with van der Waals surface area (Å²) in [4.78, 5) is 0. The fourth-order valence-corrected chi connectivity index (χ4v) is 2.57. The highest BCUT2D eigenvalue weighted by Crippen LogP contribution is 2.31. The van der Waals surface area contributed by atoms with Crippen LogP contribution in [0.4, 0.5) is 0 Å². The summed E-state index contributed by atoms with van der Waals surface area (Å²) in [6.07, 6.45) is 1.75. The molecule has 1 aromatic carbocycles. The third-order valence-corrected chi connectivity index (χ3v) is 4.51. The summed E-state index contributed by atoms with van der Waals surface area (Å²) in [6, 6.07) is 6.15. The molecule has 2 heteroatoms. The molecule has 1 nitrogen and oxygen atoms in total. The van der Waals surface area contributed by atoms with E-state index in [0.29, 0.717) is 5.92 Å². The van der Waals surface area contributed by atoms with Crippen LogP contribution in [-0.2, 0) is 0 Å². The van der Waals surface area contributed by atoms with Gasteiger partial charge in [0.05, 0.1) is 6.10 Å². The molecule has 0 fully saturated rings. The van der Waals surface area contributed by atoms with Gasteiger partial charge in [-0.15, -0.1) is 0 Å². The molecule has 0 aromatic heterocycles. The lowest BCUT2D eigenvalue weighted by Crippen LogP contribution is -2.12. The van der Waals surface area contributed by atoms with Crippen molar-refractivity contribution in [2.75, 3.05) is 0 Å². The van der Waals surface area contributed by atoms with Crippen LogP contribution in [0, 0.1) is 16.4 Å². The molecule has 1 atom stereocenters. The first-order chi connectivity index (χ1) is 7.11. The zero-order valence-corrected chi connectivity index (χ0v) is 11.8. The molecule has 0 radical (unpaired) electrons. The number of hydrogen-bond donors (Lipinski definition) is 1. The third kappa shape index (κ3) is 2.94. The van der Waals surface area contributed by atoms with E-state index in [1.807, 2.05) is 12.1 Å². The van der Waals surface area contributed by atoms with Crippen LogP contribution in [-0.4, -0.2) is 5.11 Å². The highest BCUT2D eigenvalue weighted by Gasteiger charge is 2.19. The number of benzene rings is 1. The van der Waals surface area contributed by atoms with Crippen molar-refractivity contribution in [2.45, 2.75) is 39.7 Å². The van der Waals surface area contributed by atoms with E-state index in [9.17, 15) is 5.11 Å². The van der Waals surface area contributed by atoms with Crippen molar-refractivity contribution in [2.24, 2.45) is 5.92 Å². The lowest BCUT2D eigenvalue weighted by Gasteiger charge is -2.22. The predicted molar refractivity (Wildman–Crippen MR) is 72.9 cm³/mol. The van der Waals surface area contributed by atoms with E-state index in [1.54, 1.807) is 0 Å². The van der Waals surface area contributed by atoms with Crippen molar-refractivity contribution < 1.29 is 5.11 Å². The minimum atomic E-state index is -0.313. The molecule has 15 heavy (non-hydrogen) atoms. The van der Waals surface area contributed by atoms with Crippen molar-refractivity contribution in [3.63, 3.8) is 0 Å². The first kappa shape index (κ1) is 13.0. The predicted octanol–water partition coefficient (Wildman–Crippen LogP) is 4.07. The summed E-state index contributed by atoms with van der Waals surface area (Å²) in [5.74, 6) is 0.375. The molecule has 0 aliphatic carbocycles. The van der Waals surface area contributed by atoms with Gasteiger partial charge in [0.2, 0.25) is 0 Å². The summed E-state index contributed by atoms with van der Waals surface area (Å²) in [5, 5.41) is 10.3. The molecule has 1 unspecified atom stereocenters. The molecule has 0 amide bonds. The Hall–Kier alpha value is -0.0900. The maximum absolute atomic E-state index is 10.3. The number of aryl methyl sites for hydroxylation is 1. The summed E-state index contributed by atoms with van der Waals surface area (Å²) in [6.45, 7) is 6.37. The third-order valence-electron chi connectivity index (χ3n) is 3.04. The van der Waals surface area contributed by atoms with E-state index < -0.39 is 0 Å². The SMILES string of the molecule is CCC(CC)C(O)c1cccc(C)c1I. The molecular formula is C13H19IO. The average Bonchev–Trinajstić information content (AvgIpc) is 2.23. The summed E-state index contributed by atoms with van der Waals surface area (Å²) in [5.41, 5.74) is 2.34. The minimum Gasteiger partial charge on any atom is -0.388 e. The fourth-order valence-electron chi connectivity index (χ4n) is 1.89. The Balaban J connectivity index is 2.99. The highest BCUT2D eigenvalue weighted by molar-refractivity contribution is 14.1. The van der Waals surface area contributed by atoms with Crippen LogP contribution < -0.4 is 0 Å². The Labute approximate surface area is 106 Å². The van der Waals surface area contributed by atoms with Crippen LogP contribution in [0.3, 0.4) is 0 Å². The van der Waals surface area contributed by atoms with E-state index in [0.717, 1.165) is 18.4 Å². The Morgan fingerprint density at radius 3 is 2.40 bits per heavy atom. The molecule has 0 bridgehead atoms. The first-order valence-electron chi connectivity index (χ1n) is 5.54. The van der Waals surface area contributed by atoms with E-state index in [-0.39, 0.29) is 6.10 Å². The smallest absolute Gasteiger partial charge is 0.0828 e. The van der Waals surface area contributed by atoms with E-state index in [1.165, 1.54) is 9.13 Å². The van der Waals surface area contributed by atoms with Crippen LogP contribution in [0.15, 0.2) is 18.2 Å². The van der Waals surface area contributed by atoms with Crippen LogP contribution in [0.1, 0.15) is 43.9 Å². The van der Waals surface area contributed by atoms with Gasteiger partial charge in [0.15, 0.2) is 0 Å². The molecule has 0 saturated carbocycles. The Bertz CT molecular complexity index is 318. The maximum Gasteiger partial charge on any atom is 0.0828 e. The molecule has 0 aliphatic heterocycles. The lowest BCUT2D eigenvalue weighted by molar-refractivity contribution is 0.102. The Morgan fingerprint density at radius 2 is 1.87 bits per heavy atom. The van der Waals surface area contributed by atoms with Crippen LogP contribution in [0.25, 0.3) is 0 Å². The molecule has 1 N–H and O–H groups in total. The van der Waals surface area contributed by atoms with Crippen molar-refractivity contribution in [3.05, 3.63) is 32.9 Å². The molecular weight excluding hydrogens is 299 g/mol. The zero-order chi connectivity index (χ0) is 11.4. The van der Waals surface area contributed by atoms with Gasteiger partial charge in [-0.05, 0) is 46.6 Å². The van der Waals surface area contributed by atoms with Gasteiger partial charge in [-0.25, -0.2) is 0 Å². The summed E-state index contributed by atoms with van der Waals surface area (Å²) < 4.78 is 1.20. The van der Waals surface area contributed by atoms with Gasteiger partial charge in [-0.1, -0.05) is 44.9 Å². The molecule has 1 rings (SSSR count). The van der Waals surface area contributed by atoms with Gasteiger partial charge in [-0.2, -0.15) is 0 Å². The highest BCUT2D eigenvalue weighted by atomic mass is 127. The summed E-state index contributed by atoms with van der Waals surface area (Å²) >= 11 is 2.33. The molecule has 84 valence electrons. The van der Waals surface area contributed by atoms with Crippen molar-refractivity contribution in [3.8, 4) is 0 Å². The lowest BCUT2D eigenvalue weighted by atomic mass is 9.91. The number of aliphatic hydroxyl groups is 1. The normalized spacial score (nSPS) is 13.2. The van der Waals surface area contributed by atoms with Crippen LogP contribution in [0.5, 0.6) is 0 Å². The molecule has 0 heterocycles. The second-order valence-electron chi connectivity index (χ2n) is 4.00. The van der Waals surface area contributed by atoms with Crippen LogP contribution in [0.2, 0.25) is 0 Å². The second-order valence-corrected chi connectivity index (χ2v) is 5.08. The minimum absolute atomic E-state index is 0.313. The quantitative estimate of drug-likeness (QED) is 0.830. The van der Waals surface area contributed by atoms with Gasteiger partial charge in [0, 0.05) is 3.57 Å². The van der Waals surface area contributed by atoms with Gasteiger partial charge in [0.25, 0.3) is 0 Å². The Kier molecular flexibility index (Phi) is 5.06. The monoisotopic (exact) mass is 318 g/mol. The van der Waals surface area contributed by atoms with Crippen molar-refractivity contribution >= 4 is 22.6 Å². The zero-order valence-electron chi connectivity index (χ0n) is 9.63. The van der Waals surface area contributed by atoms with Crippen LogP contribution >= 0.6 is 22.6 Å². The number of hydrogen-bond acceptors (Lipinski definition) is 1. The first-order valence-corrected chi connectivity index (χ1v) is 6.62. The molecule has 0 aliphatic rings. The molecule has 1 aromatic rings.